The second kappa shape index (κ2) is 6.15. The predicted octanol–water partition coefficient (Wildman–Crippen LogP) is -0.934. The van der Waals surface area contributed by atoms with Crippen molar-refractivity contribution in [2.45, 2.75) is 0 Å². The van der Waals surface area contributed by atoms with Gasteiger partial charge < -0.3 is 14.9 Å². The third-order valence-corrected chi connectivity index (χ3v) is 3.06. The van der Waals surface area contributed by atoms with E-state index in [0.717, 1.165) is 4.90 Å². The molecule has 1 rings (SSSR count). The number of hydrogen-bond donors (Lipinski definition) is 1. The van der Waals surface area contributed by atoms with E-state index in [0.29, 0.717) is 11.6 Å². The molecule has 92 valence electrons. The maximum absolute atomic E-state index is 11.7. The first-order chi connectivity index (χ1) is 8.04. The molecule has 1 aliphatic rings. The van der Waals surface area contributed by atoms with Crippen molar-refractivity contribution >= 4 is 29.5 Å². The van der Waals surface area contributed by atoms with E-state index < -0.39 is 18.4 Å². The second-order valence-corrected chi connectivity index (χ2v) is 4.37. The van der Waals surface area contributed by atoms with Crippen LogP contribution in [0.5, 0.6) is 0 Å². The van der Waals surface area contributed by atoms with E-state index in [1.54, 1.807) is 0 Å². The van der Waals surface area contributed by atoms with Crippen molar-refractivity contribution in [1.29, 1.82) is 0 Å². The highest BCUT2D eigenvalue weighted by atomic mass is 32.2. The van der Waals surface area contributed by atoms with Crippen LogP contribution in [0.2, 0.25) is 0 Å². The Kier molecular flexibility index (Phi) is 4.84. The molecule has 1 aliphatic heterocycles. The van der Waals surface area contributed by atoms with Crippen LogP contribution in [0, 0.1) is 12.3 Å². The summed E-state index contributed by atoms with van der Waals surface area (Å²) >= 11 is 1.42. The Balaban J connectivity index is 2.55. The van der Waals surface area contributed by atoms with Crippen LogP contribution in [0.15, 0.2) is 0 Å². The molecule has 0 spiro atoms. The van der Waals surface area contributed by atoms with E-state index in [1.165, 1.54) is 16.7 Å². The average Bonchev–Trinajstić information content (AvgIpc) is 2.63. The van der Waals surface area contributed by atoms with E-state index in [-0.39, 0.29) is 19.0 Å². The molecule has 0 aliphatic carbocycles. The molecule has 17 heavy (non-hydrogen) atoms. The molecule has 1 N–H and O–H groups in total. The highest BCUT2D eigenvalue weighted by molar-refractivity contribution is 8.00. The Morgan fingerprint density at radius 3 is 2.76 bits per heavy atom. The smallest absolute Gasteiger partial charge is 0.323 e. The highest BCUT2D eigenvalue weighted by Gasteiger charge is 2.25. The molecular formula is C10H12N2O4S. The van der Waals surface area contributed by atoms with Crippen molar-refractivity contribution in [2.24, 2.45) is 0 Å². The lowest BCUT2D eigenvalue weighted by Crippen LogP contribution is -2.43. The maximum Gasteiger partial charge on any atom is 0.323 e. The molecular weight excluding hydrogens is 244 g/mol. The number of thioether (sulfide) groups is 1. The van der Waals surface area contributed by atoms with Crippen molar-refractivity contribution in [1.82, 2.24) is 9.80 Å². The van der Waals surface area contributed by atoms with Gasteiger partial charge in [0.1, 0.15) is 13.1 Å². The van der Waals surface area contributed by atoms with Crippen LogP contribution >= 0.6 is 11.8 Å². The van der Waals surface area contributed by atoms with E-state index >= 15 is 0 Å². The van der Waals surface area contributed by atoms with Gasteiger partial charge in [0, 0.05) is 0 Å². The number of hydrogen-bond acceptors (Lipinski definition) is 4. The molecule has 0 atom stereocenters. The number of nitrogens with zero attached hydrogens (tertiary/aromatic N) is 2. The molecule has 0 unspecified atom stereocenters. The molecule has 1 heterocycles. The zero-order valence-electron chi connectivity index (χ0n) is 9.09. The molecule has 0 aromatic rings. The first kappa shape index (κ1) is 13.4. The van der Waals surface area contributed by atoms with Crippen LogP contribution in [0.3, 0.4) is 0 Å². The summed E-state index contributed by atoms with van der Waals surface area (Å²) in [4.78, 5) is 36.0. The van der Waals surface area contributed by atoms with Gasteiger partial charge in [-0.05, 0) is 0 Å². The summed E-state index contributed by atoms with van der Waals surface area (Å²) in [6.07, 6.45) is 5.06. The number of amides is 2. The van der Waals surface area contributed by atoms with Gasteiger partial charge in [-0.2, -0.15) is 0 Å². The van der Waals surface area contributed by atoms with Gasteiger partial charge in [0.15, 0.2) is 0 Å². The standard InChI is InChI=1S/C10H12N2O4S/c1-2-3-11(5-10(15)16)8(13)4-12-7-17-6-9(12)14/h1H,3-7H2,(H,15,16). The van der Waals surface area contributed by atoms with E-state index in [1.807, 2.05) is 0 Å². The van der Waals surface area contributed by atoms with Gasteiger partial charge in [-0.3, -0.25) is 14.4 Å². The number of carbonyl (C=O) groups is 3. The van der Waals surface area contributed by atoms with E-state index in [4.69, 9.17) is 11.5 Å². The van der Waals surface area contributed by atoms with Crippen LogP contribution in [0.4, 0.5) is 0 Å². The number of aliphatic carboxylic acids is 1. The largest absolute Gasteiger partial charge is 0.480 e. The lowest BCUT2D eigenvalue weighted by molar-refractivity contribution is -0.145. The third-order valence-electron chi connectivity index (χ3n) is 2.11. The Morgan fingerprint density at radius 1 is 1.59 bits per heavy atom. The minimum atomic E-state index is -1.13. The Morgan fingerprint density at radius 2 is 2.29 bits per heavy atom. The minimum Gasteiger partial charge on any atom is -0.480 e. The number of rotatable bonds is 5. The van der Waals surface area contributed by atoms with Gasteiger partial charge in [0.25, 0.3) is 0 Å². The average molecular weight is 256 g/mol. The summed E-state index contributed by atoms with van der Waals surface area (Å²) < 4.78 is 0. The molecule has 7 heteroatoms. The fourth-order valence-corrected chi connectivity index (χ4v) is 2.21. The molecule has 0 saturated carbocycles. The van der Waals surface area contributed by atoms with E-state index in [2.05, 4.69) is 5.92 Å². The van der Waals surface area contributed by atoms with Crippen LogP contribution in [-0.4, -0.2) is 64.0 Å². The molecule has 0 bridgehead atoms. The Labute approximate surface area is 103 Å². The Hall–Kier alpha value is -1.68. The SMILES string of the molecule is C#CCN(CC(=O)O)C(=O)CN1CSCC1=O. The highest BCUT2D eigenvalue weighted by Crippen LogP contribution is 2.14. The van der Waals surface area contributed by atoms with Crippen LogP contribution < -0.4 is 0 Å². The van der Waals surface area contributed by atoms with Crippen LogP contribution in [0.1, 0.15) is 0 Å². The van der Waals surface area contributed by atoms with Gasteiger partial charge in [-0.15, -0.1) is 18.2 Å². The van der Waals surface area contributed by atoms with Gasteiger partial charge in [0.2, 0.25) is 11.8 Å². The fraction of sp³-hybridized carbons (Fsp3) is 0.500. The summed E-state index contributed by atoms with van der Waals surface area (Å²) in [5.74, 6) is 1.36. The second-order valence-electron chi connectivity index (χ2n) is 3.42. The first-order valence-corrected chi connectivity index (χ1v) is 5.98. The zero-order valence-corrected chi connectivity index (χ0v) is 9.90. The molecule has 0 aromatic heterocycles. The lowest BCUT2D eigenvalue weighted by Gasteiger charge is -2.21. The molecule has 1 fully saturated rings. The molecule has 1 saturated heterocycles. The number of carboxylic acid groups (broad SMARTS) is 1. The van der Waals surface area contributed by atoms with E-state index in [9.17, 15) is 14.4 Å². The van der Waals surface area contributed by atoms with Crippen LogP contribution in [-0.2, 0) is 14.4 Å². The minimum absolute atomic E-state index is 0.0691. The first-order valence-electron chi connectivity index (χ1n) is 4.83. The number of carboxylic acids is 1. The zero-order chi connectivity index (χ0) is 12.8. The summed E-state index contributed by atoms with van der Waals surface area (Å²) in [5, 5.41) is 8.63. The fourth-order valence-electron chi connectivity index (χ4n) is 1.31. The normalized spacial score (nSPS) is 14.5. The van der Waals surface area contributed by atoms with Crippen molar-refractivity contribution < 1.29 is 19.5 Å². The van der Waals surface area contributed by atoms with Gasteiger partial charge in [0.05, 0.1) is 18.2 Å². The predicted molar refractivity (Wildman–Crippen MR) is 62.1 cm³/mol. The molecule has 2 amide bonds. The van der Waals surface area contributed by atoms with Crippen molar-refractivity contribution in [3.05, 3.63) is 0 Å². The molecule has 0 radical (unpaired) electrons. The van der Waals surface area contributed by atoms with Gasteiger partial charge >= 0.3 is 5.97 Å². The molecule has 6 nitrogen and oxygen atoms in total. The summed E-state index contributed by atoms with van der Waals surface area (Å²) in [7, 11) is 0. The van der Waals surface area contributed by atoms with Crippen molar-refractivity contribution in [3.63, 3.8) is 0 Å². The summed E-state index contributed by atoms with van der Waals surface area (Å²) in [6, 6.07) is 0. The lowest BCUT2D eigenvalue weighted by atomic mass is 10.4. The van der Waals surface area contributed by atoms with Gasteiger partial charge in [-0.1, -0.05) is 5.92 Å². The van der Waals surface area contributed by atoms with Crippen molar-refractivity contribution in [3.8, 4) is 12.3 Å². The number of carbonyl (C=O) groups excluding carboxylic acids is 2. The van der Waals surface area contributed by atoms with Crippen molar-refractivity contribution in [2.75, 3.05) is 31.3 Å². The summed E-state index contributed by atoms with van der Waals surface area (Å²) in [5.41, 5.74) is 0. The Bertz CT molecular complexity index is 377. The molecule has 0 aromatic carbocycles. The topological polar surface area (TPSA) is 77.9 Å². The van der Waals surface area contributed by atoms with Crippen LogP contribution in [0.25, 0.3) is 0 Å². The van der Waals surface area contributed by atoms with Gasteiger partial charge in [-0.25, -0.2) is 0 Å². The quantitative estimate of drug-likeness (QED) is 0.643. The monoisotopic (exact) mass is 256 g/mol. The summed E-state index contributed by atoms with van der Waals surface area (Å²) in [6.45, 7) is -0.626. The number of terminal acetylenes is 1. The third kappa shape index (κ3) is 4.00. The maximum atomic E-state index is 11.7.